The first kappa shape index (κ1) is 8.97. The van der Waals surface area contributed by atoms with Gasteiger partial charge in [0, 0.05) is 11.6 Å². The maximum atomic E-state index is 9.10. The lowest BCUT2D eigenvalue weighted by Crippen LogP contribution is -1.84. The second-order valence-electron chi connectivity index (χ2n) is 2.77. The zero-order valence-corrected chi connectivity index (χ0v) is 7.94. The van der Waals surface area contributed by atoms with Crippen molar-refractivity contribution in [3.05, 3.63) is 41.8 Å². The Morgan fingerprint density at radius 2 is 1.79 bits per heavy atom. The molecule has 1 aromatic carbocycles. The molecule has 0 bridgehead atoms. The highest BCUT2D eigenvalue weighted by molar-refractivity contribution is 6.29. The van der Waals surface area contributed by atoms with Crippen LogP contribution in [0.4, 0.5) is 0 Å². The van der Waals surface area contributed by atoms with Crippen LogP contribution in [-0.4, -0.2) is 15.1 Å². The summed E-state index contributed by atoms with van der Waals surface area (Å²) in [5.41, 5.74) is 1.64. The Labute approximate surface area is 86.0 Å². The SMILES string of the molecule is Oc1ccc(-c2cc(Cl)ncn2)cc1. The van der Waals surface area contributed by atoms with Crippen LogP contribution >= 0.6 is 11.6 Å². The number of benzene rings is 1. The van der Waals surface area contributed by atoms with Gasteiger partial charge in [-0.15, -0.1) is 0 Å². The molecule has 0 aliphatic carbocycles. The van der Waals surface area contributed by atoms with Gasteiger partial charge >= 0.3 is 0 Å². The minimum Gasteiger partial charge on any atom is -0.508 e. The largest absolute Gasteiger partial charge is 0.508 e. The van der Waals surface area contributed by atoms with Crippen molar-refractivity contribution < 1.29 is 5.11 Å². The molecule has 0 amide bonds. The van der Waals surface area contributed by atoms with E-state index in [-0.39, 0.29) is 5.75 Å². The monoisotopic (exact) mass is 206 g/mol. The summed E-state index contributed by atoms with van der Waals surface area (Å²) in [6.07, 6.45) is 1.41. The van der Waals surface area contributed by atoms with Crippen LogP contribution in [-0.2, 0) is 0 Å². The highest BCUT2D eigenvalue weighted by Crippen LogP contribution is 2.20. The normalized spacial score (nSPS) is 10.1. The first-order valence-electron chi connectivity index (χ1n) is 4.02. The highest BCUT2D eigenvalue weighted by atomic mass is 35.5. The topological polar surface area (TPSA) is 46.0 Å². The third-order valence-corrected chi connectivity index (χ3v) is 2.00. The molecule has 3 nitrogen and oxygen atoms in total. The van der Waals surface area contributed by atoms with Crippen LogP contribution < -0.4 is 0 Å². The number of phenolic OH excluding ortho intramolecular Hbond substituents is 1. The number of aromatic hydroxyl groups is 1. The Kier molecular flexibility index (Phi) is 2.33. The van der Waals surface area contributed by atoms with Crippen LogP contribution in [0.2, 0.25) is 5.15 Å². The average molecular weight is 207 g/mol. The number of nitrogens with zero attached hydrogens (tertiary/aromatic N) is 2. The number of halogens is 1. The van der Waals surface area contributed by atoms with Crippen molar-refractivity contribution in [2.45, 2.75) is 0 Å². The molecule has 1 N–H and O–H groups in total. The predicted octanol–water partition coefficient (Wildman–Crippen LogP) is 2.50. The van der Waals surface area contributed by atoms with Crippen LogP contribution in [0.1, 0.15) is 0 Å². The van der Waals surface area contributed by atoms with Gasteiger partial charge in [0.25, 0.3) is 0 Å². The Balaban J connectivity index is 2.44. The lowest BCUT2D eigenvalue weighted by Gasteiger charge is -2.00. The number of hydrogen-bond donors (Lipinski definition) is 1. The zero-order valence-electron chi connectivity index (χ0n) is 7.18. The highest BCUT2D eigenvalue weighted by Gasteiger charge is 1.99. The maximum Gasteiger partial charge on any atom is 0.133 e. The maximum absolute atomic E-state index is 9.10. The Hall–Kier alpha value is -1.61. The van der Waals surface area contributed by atoms with Crippen LogP contribution in [0.25, 0.3) is 11.3 Å². The second-order valence-corrected chi connectivity index (χ2v) is 3.16. The molecule has 1 heterocycles. The van der Waals surface area contributed by atoms with Crippen molar-refractivity contribution in [2.24, 2.45) is 0 Å². The zero-order chi connectivity index (χ0) is 9.97. The van der Waals surface area contributed by atoms with E-state index in [0.29, 0.717) is 5.15 Å². The van der Waals surface area contributed by atoms with E-state index in [4.69, 9.17) is 16.7 Å². The molecule has 0 fully saturated rings. The lowest BCUT2D eigenvalue weighted by molar-refractivity contribution is 0.475. The van der Waals surface area contributed by atoms with E-state index in [0.717, 1.165) is 11.3 Å². The quantitative estimate of drug-likeness (QED) is 0.730. The summed E-state index contributed by atoms with van der Waals surface area (Å²) in [6, 6.07) is 8.42. The Bertz CT molecular complexity index is 442. The van der Waals surface area contributed by atoms with Crippen molar-refractivity contribution in [3.63, 3.8) is 0 Å². The van der Waals surface area contributed by atoms with Crippen molar-refractivity contribution >= 4 is 11.6 Å². The third kappa shape index (κ3) is 1.83. The first-order valence-corrected chi connectivity index (χ1v) is 4.40. The summed E-state index contributed by atoms with van der Waals surface area (Å²) in [4.78, 5) is 7.85. The fraction of sp³-hybridized carbons (Fsp3) is 0. The molecular weight excluding hydrogens is 200 g/mol. The van der Waals surface area contributed by atoms with Crippen LogP contribution in [0.15, 0.2) is 36.7 Å². The van der Waals surface area contributed by atoms with Gasteiger partial charge in [0.1, 0.15) is 17.2 Å². The molecule has 0 aliphatic heterocycles. The van der Waals surface area contributed by atoms with Gasteiger partial charge in [0.05, 0.1) is 5.69 Å². The van der Waals surface area contributed by atoms with Crippen molar-refractivity contribution in [3.8, 4) is 17.0 Å². The standard InChI is InChI=1S/C10H7ClN2O/c11-10-5-9(12-6-13-10)7-1-3-8(14)4-2-7/h1-6,14H. The molecule has 0 saturated heterocycles. The third-order valence-electron chi connectivity index (χ3n) is 1.80. The molecule has 2 aromatic rings. The fourth-order valence-corrected chi connectivity index (χ4v) is 1.27. The molecule has 4 heteroatoms. The predicted molar refractivity (Wildman–Crippen MR) is 54.1 cm³/mol. The van der Waals surface area contributed by atoms with Crippen molar-refractivity contribution in [1.82, 2.24) is 9.97 Å². The summed E-state index contributed by atoms with van der Waals surface area (Å²) in [5, 5.41) is 9.50. The van der Waals surface area contributed by atoms with Crippen LogP contribution in [0, 0.1) is 0 Å². The smallest absolute Gasteiger partial charge is 0.133 e. The van der Waals surface area contributed by atoms with E-state index in [1.54, 1.807) is 30.3 Å². The van der Waals surface area contributed by atoms with E-state index in [2.05, 4.69) is 9.97 Å². The summed E-state index contributed by atoms with van der Waals surface area (Å²) >= 11 is 5.73. The van der Waals surface area contributed by atoms with Gasteiger partial charge in [-0.3, -0.25) is 0 Å². The molecule has 0 saturated carbocycles. The summed E-state index contributed by atoms with van der Waals surface area (Å²) < 4.78 is 0. The molecule has 70 valence electrons. The minimum atomic E-state index is 0.230. The Morgan fingerprint density at radius 3 is 2.43 bits per heavy atom. The van der Waals surface area contributed by atoms with E-state index in [9.17, 15) is 0 Å². The van der Waals surface area contributed by atoms with Gasteiger partial charge in [-0.1, -0.05) is 11.6 Å². The van der Waals surface area contributed by atoms with Crippen LogP contribution in [0.5, 0.6) is 5.75 Å². The number of aromatic nitrogens is 2. The van der Waals surface area contributed by atoms with Gasteiger partial charge in [-0.2, -0.15) is 0 Å². The van der Waals surface area contributed by atoms with Gasteiger partial charge < -0.3 is 5.11 Å². The average Bonchev–Trinajstić information content (AvgIpc) is 2.19. The lowest BCUT2D eigenvalue weighted by atomic mass is 10.1. The van der Waals surface area contributed by atoms with Crippen LogP contribution in [0.3, 0.4) is 0 Å². The molecule has 0 radical (unpaired) electrons. The minimum absolute atomic E-state index is 0.230. The van der Waals surface area contributed by atoms with Gasteiger partial charge in [-0.25, -0.2) is 9.97 Å². The van der Waals surface area contributed by atoms with E-state index >= 15 is 0 Å². The first-order chi connectivity index (χ1) is 6.75. The molecule has 14 heavy (non-hydrogen) atoms. The molecule has 1 aromatic heterocycles. The summed E-state index contributed by atoms with van der Waals surface area (Å²) in [5.74, 6) is 0.230. The number of rotatable bonds is 1. The van der Waals surface area contributed by atoms with E-state index in [1.807, 2.05) is 0 Å². The Morgan fingerprint density at radius 1 is 1.07 bits per heavy atom. The number of hydrogen-bond acceptors (Lipinski definition) is 3. The summed E-state index contributed by atoms with van der Waals surface area (Å²) in [6.45, 7) is 0. The number of phenols is 1. The van der Waals surface area contributed by atoms with Gasteiger partial charge in [0.2, 0.25) is 0 Å². The van der Waals surface area contributed by atoms with Gasteiger partial charge in [0.15, 0.2) is 0 Å². The van der Waals surface area contributed by atoms with E-state index in [1.165, 1.54) is 6.33 Å². The van der Waals surface area contributed by atoms with Gasteiger partial charge in [-0.05, 0) is 24.3 Å². The molecule has 2 rings (SSSR count). The molecule has 0 aliphatic rings. The van der Waals surface area contributed by atoms with E-state index < -0.39 is 0 Å². The summed E-state index contributed by atoms with van der Waals surface area (Å²) in [7, 11) is 0. The second kappa shape index (κ2) is 3.64. The van der Waals surface area contributed by atoms with Crippen molar-refractivity contribution in [1.29, 1.82) is 0 Å². The molecule has 0 atom stereocenters. The molecule has 0 unspecified atom stereocenters. The fourth-order valence-electron chi connectivity index (χ4n) is 1.12. The molecular formula is C10H7ClN2O. The van der Waals surface area contributed by atoms with Crippen molar-refractivity contribution in [2.75, 3.05) is 0 Å². The molecule has 0 spiro atoms.